The highest BCUT2D eigenvalue weighted by Gasteiger charge is 2.29. The van der Waals surface area contributed by atoms with Gasteiger partial charge in [0.25, 0.3) is 0 Å². The smallest absolute Gasteiger partial charge is 0.310 e. The summed E-state index contributed by atoms with van der Waals surface area (Å²) < 4.78 is 13.1. The van der Waals surface area contributed by atoms with Gasteiger partial charge in [-0.25, -0.2) is 0 Å². The summed E-state index contributed by atoms with van der Waals surface area (Å²) in [4.78, 5) is 18.9. The Bertz CT molecular complexity index is 425. The van der Waals surface area contributed by atoms with E-state index in [1.807, 2.05) is 5.64 Å². The van der Waals surface area contributed by atoms with Crippen molar-refractivity contribution in [1.82, 2.24) is 5.64 Å². The molecule has 0 aromatic heterocycles. The van der Waals surface area contributed by atoms with E-state index in [1.165, 1.54) is 0 Å². The molecule has 2 rings (SSSR count). The van der Waals surface area contributed by atoms with Crippen LogP contribution in [0.15, 0.2) is 10.5 Å². The maximum absolute atomic E-state index is 13.3. The van der Waals surface area contributed by atoms with E-state index in [0.29, 0.717) is 0 Å². The molecule has 0 atom stereocenters. The standard InChI is InChI=1S/C6H2BrFN2O4/c7-4-5(8)2(10(11)12)1-3-6(4)14-9-13-3/h1,9H. The number of benzene rings is 1. The maximum Gasteiger partial charge on any atom is 0.310 e. The number of hydrogen-bond donors (Lipinski definition) is 1. The molecule has 74 valence electrons. The molecule has 1 aromatic rings. The Balaban J connectivity index is 2.67. The summed E-state index contributed by atoms with van der Waals surface area (Å²) in [5, 5.41) is 10.4. The Kier molecular flexibility index (Phi) is 2.01. The maximum atomic E-state index is 13.3. The normalized spacial score (nSPS) is 13.0. The van der Waals surface area contributed by atoms with Gasteiger partial charge in [0.05, 0.1) is 11.0 Å². The van der Waals surface area contributed by atoms with Crippen LogP contribution in [0.1, 0.15) is 0 Å². The van der Waals surface area contributed by atoms with Gasteiger partial charge in [-0.05, 0) is 15.9 Å². The van der Waals surface area contributed by atoms with E-state index >= 15 is 0 Å². The molecule has 8 heteroatoms. The van der Waals surface area contributed by atoms with Crippen LogP contribution in [0.2, 0.25) is 0 Å². The van der Waals surface area contributed by atoms with Gasteiger partial charge < -0.3 is 9.68 Å². The van der Waals surface area contributed by atoms with E-state index in [2.05, 4.69) is 25.6 Å². The minimum Gasteiger partial charge on any atom is -0.369 e. The summed E-state index contributed by atoms with van der Waals surface area (Å²) in [6, 6.07) is 0.940. The lowest BCUT2D eigenvalue weighted by Crippen LogP contribution is -2.14. The molecule has 14 heavy (non-hydrogen) atoms. The average molecular weight is 265 g/mol. The molecule has 0 radical (unpaired) electrons. The lowest BCUT2D eigenvalue weighted by Gasteiger charge is -1.99. The zero-order valence-electron chi connectivity index (χ0n) is 6.41. The predicted molar refractivity (Wildman–Crippen MR) is 45.1 cm³/mol. The fraction of sp³-hybridized carbons (Fsp3) is 0. The summed E-state index contributed by atoms with van der Waals surface area (Å²) >= 11 is 2.83. The van der Waals surface area contributed by atoms with Gasteiger partial charge in [-0.2, -0.15) is 4.39 Å². The quantitative estimate of drug-likeness (QED) is 0.617. The molecule has 0 fully saturated rings. The number of nitrogens with one attached hydrogen (secondary N) is 1. The van der Waals surface area contributed by atoms with Crippen LogP contribution in [0.5, 0.6) is 11.5 Å². The highest BCUT2D eigenvalue weighted by atomic mass is 79.9. The third kappa shape index (κ3) is 1.19. The van der Waals surface area contributed by atoms with Crippen LogP contribution in [0.3, 0.4) is 0 Å². The van der Waals surface area contributed by atoms with Crippen molar-refractivity contribution in [2.75, 3.05) is 0 Å². The first-order chi connectivity index (χ1) is 6.61. The Morgan fingerprint density at radius 3 is 2.93 bits per heavy atom. The van der Waals surface area contributed by atoms with Crippen LogP contribution in [0, 0.1) is 15.9 Å². The molecule has 0 saturated heterocycles. The molecular weight excluding hydrogens is 263 g/mol. The van der Waals surface area contributed by atoms with Crippen LogP contribution in [-0.4, -0.2) is 4.92 Å². The second-order valence-corrected chi connectivity index (χ2v) is 3.19. The van der Waals surface area contributed by atoms with Crippen molar-refractivity contribution < 1.29 is 19.0 Å². The molecule has 0 saturated carbocycles. The van der Waals surface area contributed by atoms with E-state index in [0.717, 1.165) is 6.07 Å². The molecular formula is C6H2BrFN2O4. The highest BCUT2D eigenvalue weighted by molar-refractivity contribution is 9.10. The number of nitrogens with zero attached hydrogens (tertiary/aromatic N) is 1. The Hall–Kier alpha value is -1.41. The van der Waals surface area contributed by atoms with Crippen molar-refractivity contribution in [3.8, 4) is 11.5 Å². The third-order valence-electron chi connectivity index (χ3n) is 1.60. The Labute approximate surface area is 84.8 Å². The lowest BCUT2D eigenvalue weighted by atomic mass is 10.2. The van der Waals surface area contributed by atoms with Gasteiger partial charge in [-0.15, -0.1) is 0 Å². The second kappa shape index (κ2) is 3.07. The van der Waals surface area contributed by atoms with Crippen LogP contribution in [0.25, 0.3) is 0 Å². The third-order valence-corrected chi connectivity index (χ3v) is 2.31. The van der Waals surface area contributed by atoms with Crippen LogP contribution < -0.4 is 15.3 Å². The van der Waals surface area contributed by atoms with E-state index < -0.39 is 16.4 Å². The summed E-state index contributed by atoms with van der Waals surface area (Å²) in [6.07, 6.45) is 0. The van der Waals surface area contributed by atoms with Crippen molar-refractivity contribution >= 4 is 21.6 Å². The number of halogens is 2. The van der Waals surface area contributed by atoms with Crippen molar-refractivity contribution in [2.24, 2.45) is 0 Å². The van der Waals surface area contributed by atoms with E-state index in [9.17, 15) is 14.5 Å². The van der Waals surface area contributed by atoms with E-state index in [-0.39, 0.29) is 16.0 Å². The number of fused-ring (bicyclic) bond motifs is 1. The zero-order valence-corrected chi connectivity index (χ0v) is 8.00. The Morgan fingerprint density at radius 1 is 1.57 bits per heavy atom. The summed E-state index contributed by atoms with van der Waals surface area (Å²) in [7, 11) is 0. The fourth-order valence-corrected chi connectivity index (χ4v) is 1.46. The van der Waals surface area contributed by atoms with E-state index in [4.69, 9.17) is 0 Å². The molecule has 0 unspecified atom stereocenters. The highest BCUT2D eigenvalue weighted by Crippen LogP contribution is 2.43. The number of nitro benzene ring substituents is 1. The van der Waals surface area contributed by atoms with Gasteiger partial charge in [0.1, 0.15) is 4.47 Å². The van der Waals surface area contributed by atoms with Gasteiger partial charge in [0.15, 0.2) is 0 Å². The van der Waals surface area contributed by atoms with E-state index in [1.54, 1.807) is 0 Å². The van der Waals surface area contributed by atoms with Crippen molar-refractivity contribution in [3.05, 3.63) is 26.5 Å². The molecule has 6 nitrogen and oxygen atoms in total. The first-order valence-corrected chi connectivity index (χ1v) is 4.15. The largest absolute Gasteiger partial charge is 0.369 e. The minimum absolute atomic E-state index is 0.0492. The molecule has 1 aromatic carbocycles. The second-order valence-electron chi connectivity index (χ2n) is 2.40. The number of hydrogen-bond acceptors (Lipinski definition) is 5. The molecule has 1 heterocycles. The van der Waals surface area contributed by atoms with Gasteiger partial charge in [-0.1, -0.05) is 0 Å². The topological polar surface area (TPSA) is 73.6 Å². The van der Waals surface area contributed by atoms with Gasteiger partial charge >= 0.3 is 5.69 Å². The fourth-order valence-electron chi connectivity index (χ4n) is 0.985. The van der Waals surface area contributed by atoms with Gasteiger partial charge in [-0.3, -0.25) is 10.1 Å². The van der Waals surface area contributed by atoms with Crippen molar-refractivity contribution in [2.45, 2.75) is 0 Å². The van der Waals surface area contributed by atoms with Crippen molar-refractivity contribution in [3.63, 3.8) is 0 Å². The Morgan fingerprint density at radius 2 is 2.29 bits per heavy atom. The lowest BCUT2D eigenvalue weighted by molar-refractivity contribution is -0.387. The van der Waals surface area contributed by atoms with Crippen molar-refractivity contribution in [1.29, 1.82) is 0 Å². The van der Waals surface area contributed by atoms with Gasteiger partial charge in [0, 0.05) is 5.64 Å². The van der Waals surface area contributed by atoms with Crippen LogP contribution in [0.4, 0.5) is 10.1 Å². The van der Waals surface area contributed by atoms with Crippen LogP contribution in [-0.2, 0) is 0 Å². The predicted octanol–water partition coefficient (Wildman–Crippen LogP) is 1.69. The van der Waals surface area contributed by atoms with Crippen LogP contribution >= 0.6 is 15.9 Å². The molecule has 0 bridgehead atoms. The number of rotatable bonds is 1. The molecule has 1 aliphatic heterocycles. The molecule has 0 aliphatic carbocycles. The summed E-state index contributed by atoms with van der Waals surface area (Å²) in [5.41, 5.74) is 1.32. The van der Waals surface area contributed by atoms with Gasteiger partial charge in [0.2, 0.25) is 17.3 Å². The zero-order chi connectivity index (χ0) is 10.3. The monoisotopic (exact) mass is 264 g/mol. The summed E-state index contributed by atoms with van der Waals surface area (Å²) in [5.74, 6) is -0.890. The molecule has 1 aliphatic rings. The first kappa shape index (κ1) is 9.16. The molecule has 1 N–H and O–H groups in total. The minimum atomic E-state index is -0.999. The first-order valence-electron chi connectivity index (χ1n) is 3.36. The molecule has 0 amide bonds. The average Bonchev–Trinajstić information content (AvgIpc) is 2.58. The SMILES string of the molecule is O=[N+]([O-])c1cc2c(c(Br)c1F)ONO2. The summed E-state index contributed by atoms with van der Waals surface area (Å²) in [6.45, 7) is 0. The molecule has 0 spiro atoms. The number of nitro groups is 1.